The Labute approximate surface area is 142 Å². The molecule has 2 aromatic rings. The first-order valence-corrected chi connectivity index (χ1v) is 8.58. The molecule has 2 heterocycles. The van der Waals surface area contributed by atoms with E-state index in [1.807, 2.05) is 35.2 Å². The Kier molecular flexibility index (Phi) is 4.22. The Morgan fingerprint density at radius 3 is 2.79 bits per heavy atom. The Morgan fingerprint density at radius 2 is 1.92 bits per heavy atom. The summed E-state index contributed by atoms with van der Waals surface area (Å²) in [5, 5.41) is 3.40. The smallest absolute Gasteiger partial charge is 0.223 e. The fraction of sp³-hybridized carbons (Fsp3) is 0.350. The Hall–Kier alpha value is -2.33. The van der Waals surface area contributed by atoms with E-state index in [-0.39, 0.29) is 17.9 Å². The number of hydrogen-bond donors (Lipinski definition) is 1. The third kappa shape index (κ3) is 3.02. The van der Waals surface area contributed by atoms with Gasteiger partial charge < -0.3 is 15.0 Å². The summed E-state index contributed by atoms with van der Waals surface area (Å²) in [5.41, 5.74) is 3.57. The van der Waals surface area contributed by atoms with Gasteiger partial charge in [0, 0.05) is 31.1 Å². The molecule has 124 valence electrons. The topological polar surface area (TPSA) is 41.6 Å². The second kappa shape index (κ2) is 6.65. The molecule has 1 N–H and O–H groups in total. The molecule has 2 aliphatic heterocycles. The van der Waals surface area contributed by atoms with Gasteiger partial charge in [0.1, 0.15) is 6.10 Å². The number of morpholine rings is 1. The van der Waals surface area contributed by atoms with Gasteiger partial charge in [0.2, 0.25) is 5.91 Å². The predicted molar refractivity (Wildman–Crippen MR) is 94.0 cm³/mol. The lowest BCUT2D eigenvalue weighted by Gasteiger charge is -2.33. The highest BCUT2D eigenvalue weighted by atomic mass is 16.5. The van der Waals surface area contributed by atoms with Gasteiger partial charge in [-0.1, -0.05) is 48.5 Å². The summed E-state index contributed by atoms with van der Waals surface area (Å²) in [5.74, 6) is 0.495. The molecule has 0 saturated carbocycles. The number of amides is 1. The van der Waals surface area contributed by atoms with Gasteiger partial charge in [-0.05, 0) is 17.2 Å². The van der Waals surface area contributed by atoms with Crippen molar-refractivity contribution in [3.63, 3.8) is 0 Å². The van der Waals surface area contributed by atoms with Gasteiger partial charge in [0.05, 0.1) is 13.2 Å². The van der Waals surface area contributed by atoms with Crippen molar-refractivity contribution in [2.75, 3.05) is 31.6 Å². The van der Waals surface area contributed by atoms with Gasteiger partial charge in [-0.25, -0.2) is 0 Å². The number of carbonyl (C=O) groups excluding carboxylic acids is 1. The second-order valence-corrected chi connectivity index (χ2v) is 6.48. The number of para-hydroxylation sites is 1. The van der Waals surface area contributed by atoms with Gasteiger partial charge in [-0.3, -0.25) is 4.79 Å². The van der Waals surface area contributed by atoms with Crippen molar-refractivity contribution in [2.45, 2.75) is 18.4 Å². The molecule has 2 aromatic carbocycles. The van der Waals surface area contributed by atoms with Gasteiger partial charge in [-0.15, -0.1) is 0 Å². The average molecular weight is 322 g/mol. The third-order valence-electron chi connectivity index (χ3n) is 4.95. The van der Waals surface area contributed by atoms with E-state index in [0.29, 0.717) is 26.1 Å². The number of benzene rings is 2. The quantitative estimate of drug-likeness (QED) is 0.943. The molecule has 0 bridgehead atoms. The summed E-state index contributed by atoms with van der Waals surface area (Å²) in [6, 6.07) is 18.4. The lowest BCUT2D eigenvalue weighted by Crippen LogP contribution is -2.42. The van der Waals surface area contributed by atoms with Crippen LogP contribution in [0, 0.1) is 0 Å². The van der Waals surface area contributed by atoms with E-state index in [1.54, 1.807) is 0 Å². The highest BCUT2D eigenvalue weighted by molar-refractivity contribution is 5.78. The molecule has 0 aliphatic carbocycles. The largest absolute Gasteiger partial charge is 0.384 e. The van der Waals surface area contributed by atoms with Crippen LogP contribution in [0.2, 0.25) is 0 Å². The molecular weight excluding hydrogens is 300 g/mol. The fourth-order valence-corrected chi connectivity index (χ4v) is 3.62. The molecule has 1 amide bonds. The molecule has 1 fully saturated rings. The zero-order valence-electron chi connectivity index (χ0n) is 13.7. The van der Waals surface area contributed by atoms with Crippen molar-refractivity contribution in [3.05, 3.63) is 65.7 Å². The molecule has 24 heavy (non-hydrogen) atoms. The van der Waals surface area contributed by atoms with Crippen LogP contribution in [-0.2, 0) is 9.53 Å². The molecule has 0 spiro atoms. The van der Waals surface area contributed by atoms with Crippen molar-refractivity contribution >= 4 is 11.6 Å². The van der Waals surface area contributed by atoms with Crippen LogP contribution in [-0.4, -0.2) is 37.0 Å². The maximum Gasteiger partial charge on any atom is 0.223 e. The molecule has 1 saturated heterocycles. The van der Waals surface area contributed by atoms with Crippen LogP contribution in [0.3, 0.4) is 0 Å². The number of rotatable bonds is 3. The number of nitrogens with zero attached hydrogens (tertiary/aromatic N) is 1. The van der Waals surface area contributed by atoms with Gasteiger partial charge in [-0.2, -0.15) is 0 Å². The SMILES string of the molecule is O=C(CC1CNc2ccccc21)N1CCOC(c2ccccc2)C1. The first-order chi connectivity index (χ1) is 11.8. The molecule has 4 nitrogen and oxygen atoms in total. The van der Waals surface area contributed by atoms with Crippen molar-refractivity contribution in [1.82, 2.24) is 4.90 Å². The van der Waals surface area contributed by atoms with Crippen LogP contribution >= 0.6 is 0 Å². The zero-order valence-corrected chi connectivity index (χ0v) is 13.7. The van der Waals surface area contributed by atoms with Crippen molar-refractivity contribution < 1.29 is 9.53 Å². The van der Waals surface area contributed by atoms with Gasteiger partial charge >= 0.3 is 0 Å². The number of hydrogen-bond acceptors (Lipinski definition) is 3. The summed E-state index contributed by atoms with van der Waals surface area (Å²) < 4.78 is 5.86. The molecular formula is C20H22N2O2. The molecule has 0 radical (unpaired) electrons. The Balaban J connectivity index is 1.42. The zero-order chi connectivity index (χ0) is 16.4. The summed E-state index contributed by atoms with van der Waals surface area (Å²) in [4.78, 5) is 14.7. The van der Waals surface area contributed by atoms with Crippen LogP contribution in [0.5, 0.6) is 0 Å². The predicted octanol–water partition coefficient (Wildman–Crippen LogP) is 3.19. The minimum Gasteiger partial charge on any atom is -0.384 e. The van der Waals surface area contributed by atoms with Crippen LogP contribution in [0.15, 0.2) is 54.6 Å². The molecule has 2 unspecified atom stereocenters. The third-order valence-corrected chi connectivity index (χ3v) is 4.95. The monoisotopic (exact) mass is 322 g/mol. The maximum absolute atomic E-state index is 12.8. The van der Waals surface area contributed by atoms with Crippen molar-refractivity contribution in [2.24, 2.45) is 0 Å². The number of ether oxygens (including phenoxy) is 1. The van der Waals surface area contributed by atoms with Crippen molar-refractivity contribution in [1.29, 1.82) is 0 Å². The van der Waals surface area contributed by atoms with Crippen LogP contribution in [0.4, 0.5) is 5.69 Å². The summed E-state index contributed by atoms with van der Waals surface area (Å²) in [6.45, 7) is 2.77. The lowest BCUT2D eigenvalue weighted by atomic mass is 9.97. The minimum atomic E-state index is -0.0158. The second-order valence-electron chi connectivity index (χ2n) is 6.48. The first-order valence-electron chi connectivity index (χ1n) is 8.58. The number of anilines is 1. The van der Waals surface area contributed by atoms with E-state index >= 15 is 0 Å². The Bertz CT molecular complexity index is 717. The summed E-state index contributed by atoms with van der Waals surface area (Å²) >= 11 is 0. The van der Waals surface area contributed by atoms with E-state index in [9.17, 15) is 4.79 Å². The van der Waals surface area contributed by atoms with E-state index in [1.165, 1.54) is 11.3 Å². The molecule has 4 rings (SSSR count). The molecule has 2 atom stereocenters. The van der Waals surface area contributed by atoms with E-state index in [0.717, 1.165) is 12.1 Å². The summed E-state index contributed by atoms with van der Waals surface area (Å²) in [7, 11) is 0. The number of fused-ring (bicyclic) bond motifs is 1. The average Bonchev–Trinajstić information content (AvgIpc) is 3.06. The fourth-order valence-electron chi connectivity index (χ4n) is 3.62. The number of carbonyl (C=O) groups is 1. The molecule has 4 heteroatoms. The van der Waals surface area contributed by atoms with Gasteiger partial charge in [0.15, 0.2) is 0 Å². The number of nitrogens with one attached hydrogen (secondary N) is 1. The molecule has 0 aromatic heterocycles. The van der Waals surface area contributed by atoms with E-state index in [4.69, 9.17) is 4.74 Å². The standard InChI is InChI=1S/C20H22N2O2/c23-20(12-16-13-21-18-9-5-4-8-17(16)18)22-10-11-24-19(14-22)15-6-2-1-3-7-15/h1-9,16,19,21H,10-14H2. The van der Waals surface area contributed by atoms with Crippen LogP contribution in [0.25, 0.3) is 0 Å². The first kappa shape index (κ1) is 15.2. The van der Waals surface area contributed by atoms with E-state index < -0.39 is 0 Å². The normalized spacial score (nSPS) is 22.8. The highest BCUT2D eigenvalue weighted by Gasteiger charge is 2.29. The Morgan fingerprint density at radius 1 is 1.12 bits per heavy atom. The maximum atomic E-state index is 12.8. The lowest BCUT2D eigenvalue weighted by molar-refractivity contribution is -0.139. The van der Waals surface area contributed by atoms with Crippen LogP contribution in [0.1, 0.15) is 29.6 Å². The molecule has 2 aliphatic rings. The van der Waals surface area contributed by atoms with Crippen molar-refractivity contribution in [3.8, 4) is 0 Å². The minimum absolute atomic E-state index is 0.0158. The highest BCUT2D eigenvalue weighted by Crippen LogP contribution is 2.34. The van der Waals surface area contributed by atoms with E-state index in [2.05, 4.69) is 29.6 Å². The van der Waals surface area contributed by atoms with Crippen LogP contribution < -0.4 is 5.32 Å². The summed E-state index contributed by atoms with van der Waals surface area (Å²) in [6.07, 6.45) is 0.545. The van der Waals surface area contributed by atoms with Gasteiger partial charge in [0.25, 0.3) is 0 Å².